The molecule has 132 valence electrons. The highest BCUT2D eigenvalue weighted by molar-refractivity contribution is 5.89. The molecule has 0 radical (unpaired) electrons. The van der Waals surface area contributed by atoms with Gasteiger partial charge in [-0.25, -0.2) is 9.18 Å². The molecule has 6 heteroatoms. The molecule has 0 heterocycles. The highest BCUT2D eigenvalue weighted by atomic mass is 19.1. The molecular weight excluding hydrogens is 315 g/mol. The zero-order valence-electron chi connectivity index (χ0n) is 14.4. The van der Waals surface area contributed by atoms with Crippen molar-refractivity contribution in [3.63, 3.8) is 0 Å². The predicted octanol–water partition coefficient (Wildman–Crippen LogP) is 3.83. The summed E-state index contributed by atoms with van der Waals surface area (Å²) >= 11 is 0. The molecule has 0 fully saturated rings. The summed E-state index contributed by atoms with van der Waals surface area (Å²) in [5.74, 6) is -0.341. The molecule has 0 saturated heterocycles. The van der Waals surface area contributed by atoms with Crippen LogP contribution in [0.15, 0.2) is 36.2 Å². The first-order valence-electron chi connectivity index (χ1n) is 7.56. The molecule has 0 saturated carbocycles. The zero-order valence-corrected chi connectivity index (χ0v) is 14.4. The van der Waals surface area contributed by atoms with E-state index in [4.69, 9.17) is 9.47 Å². The van der Waals surface area contributed by atoms with Crippen LogP contribution in [0, 0.1) is 0 Å². The number of methoxy groups -OCH3 is 1. The van der Waals surface area contributed by atoms with Crippen LogP contribution in [0.3, 0.4) is 0 Å². The van der Waals surface area contributed by atoms with Gasteiger partial charge in [-0.2, -0.15) is 0 Å². The fraction of sp³-hybridized carbons (Fsp3) is 0.444. The SMILES string of the molecule is COC(=O)c1ccc(OCC(=CF)CCC(=O)OC(C)(C)C)cc1. The van der Waals surface area contributed by atoms with Crippen molar-refractivity contribution in [3.05, 3.63) is 41.7 Å². The highest BCUT2D eigenvalue weighted by Crippen LogP contribution is 2.16. The molecule has 0 bridgehead atoms. The fourth-order valence-corrected chi connectivity index (χ4v) is 1.79. The molecule has 0 aliphatic heterocycles. The molecule has 5 nitrogen and oxygen atoms in total. The molecule has 0 amide bonds. The van der Waals surface area contributed by atoms with Crippen LogP contribution in [-0.4, -0.2) is 31.3 Å². The number of esters is 2. The molecular formula is C18H23FO5. The fourth-order valence-electron chi connectivity index (χ4n) is 1.79. The van der Waals surface area contributed by atoms with Crippen LogP contribution in [0.2, 0.25) is 0 Å². The Hall–Kier alpha value is -2.37. The number of ether oxygens (including phenoxy) is 3. The Balaban J connectivity index is 2.47. The molecule has 1 rings (SSSR count). The molecule has 24 heavy (non-hydrogen) atoms. The van der Waals surface area contributed by atoms with Gasteiger partial charge in [-0.3, -0.25) is 4.79 Å². The van der Waals surface area contributed by atoms with Crippen LogP contribution in [0.5, 0.6) is 5.75 Å². The molecule has 0 atom stereocenters. The standard InChI is InChI=1S/C18H23FO5/c1-18(2,3)24-16(20)10-5-13(11-19)12-23-15-8-6-14(7-9-15)17(21)22-4/h6-9,11H,5,10,12H2,1-4H3. The molecule has 0 aliphatic carbocycles. The van der Waals surface area contributed by atoms with Gasteiger partial charge in [0.25, 0.3) is 0 Å². The van der Waals surface area contributed by atoms with Crippen LogP contribution in [-0.2, 0) is 14.3 Å². The average molecular weight is 338 g/mol. The predicted molar refractivity (Wildman–Crippen MR) is 87.5 cm³/mol. The first-order valence-corrected chi connectivity index (χ1v) is 7.56. The second kappa shape index (κ2) is 9.05. The van der Waals surface area contributed by atoms with E-state index < -0.39 is 11.6 Å². The van der Waals surface area contributed by atoms with Crippen molar-refractivity contribution in [3.8, 4) is 5.75 Å². The van der Waals surface area contributed by atoms with Crippen LogP contribution in [0.25, 0.3) is 0 Å². The lowest BCUT2D eigenvalue weighted by Crippen LogP contribution is -2.23. The molecule has 1 aromatic rings. The Morgan fingerprint density at radius 1 is 1.12 bits per heavy atom. The molecule has 0 unspecified atom stereocenters. The largest absolute Gasteiger partial charge is 0.489 e. The maximum absolute atomic E-state index is 12.9. The third-order valence-corrected chi connectivity index (χ3v) is 2.92. The molecule has 0 N–H and O–H groups in total. The van der Waals surface area contributed by atoms with Crippen LogP contribution in [0.4, 0.5) is 4.39 Å². The van der Waals surface area contributed by atoms with E-state index in [1.165, 1.54) is 7.11 Å². The van der Waals surface area contributed by atoms with Gasteiger partial charge in [0, 0.05) is 6.42 Å². The lowest BCUT2D eigenvalue weighted by molar-refractivity contribution is -0.154. The monoisotopic (exact) mass is 338 g/mol. The van der Waals surface area contributed by atoms with Gasteiger partial charge in [0.2, 0.25) is 0 Å². The van der Waals surface area contributed by atoms with E-state index in [1.807, 2.05) is 0 Å². The summed E-state index contributed by atoms with van der Waals surface area (Å²) < 4.78 is 28.1. The minimum Gasteiger partial charge on any atom is -0.489 e. The summed E-state index contributed by atoms with van der Waals surface area (Å²) in [5, 5.41) is 0. The zero-order chi connectivity index (χ0) is 18.2. The van der Waals surface area contributed by atoms with Crippen molar-refractivity contribution in [2.24, 2.45) is 0 Å². The van der Waals surface area contributed by atoms with Gasteiger partial charge in [-0.05, 0) is 57.0 Å². The number of carbonyl (C=O) groups excluding carboxylic acids is 2. The van der Waals surface area contributed by atoms with Crippen molar-refractivity contribution in [2.75, 3.05) is 13.7 Å². The third kappa shape index (κ3) is 7.26. The Kier molecular flexibility index (Phi) is 7.42. The van der Waals surface area contributed by atoms with Gasteiger partial charge in [0.1, 0.15) is 18.0 Å². The Morgan fingerprint density at radius 2 is 1.75 bits per heavy atom. The van der Waals surface area contributed by atoms with Crippen molar-refractivity contribution in [1.82, 2.24) is 0 Å². The van der Waals surface area contributed by atoms with Gasteiger partial charge in [0.15, 0.2) is 0 Å². The average Bonchev–Trinajstić information content (AvgIpc) is 2.53. The van der Waals surface area contributed by atoms with Crippen LogP contribution in [0.1, 0.15) is 44.0 Å². The van der Waals surface area contributed by atoms with E-state index in [9.17, 15) is 14.0 Å². The topological polar surface area (TPSA) is 61.8 Å². The molecule has 1 aromatic carbocycles. The van der Waals surface area contributed by atoms with E-state index in [-0.39, 0.29) is 25.4 Å². The van der Waals surface area contributed by atoms with Gasteiger partial charge in [-0.15, -0.1) is 0 Å². The first-order chi connectivity index (χ1) is 11.2. The summed E-state index contributed by atoms with van der Waals surface area (Å²) in [6.45, 7) is 5.34. The van der Waals surface area contributed by atoms with Gasteiger partial charge < -0.3 is 14.2 Å². The van der Waals surface area contributed by atoms with E-state index in [2.05, 4.69) is 4.74 Å². The lowest BCUT2D eigenvalue weighted by Gasteiger charge is -2.19. The van der Waals surface area contributed by atoms with Crippen molar-refractivity contribution in [1.29, 1.82) is 0 Å². The number of carbonyl (C=O) groups is 2. The highest BCUT2D eigenvalue weighted by Gasteiger charge is 2.16. The summed E-state index contributed by atoms with van der Waals surface area (Å²) in [5.41, 5.74) is 0.183. The number of hydrogen-bond acceptors (Lipinski definition) is 5. The quantitative estimate of drug-likeness (QED) is 0.707. The number of benzene rings is 1. The normalized spacial score (nSPS) is 11.8. The van der Waals surface area contributed by atoms with Crippen molar-refractivity contribution in [2.45, 2.75) is 39.2 Å². The first kappa shape index (κ1) is 19.7. The van der Waals surface area contributed by atoms with E-state index in [1.54, 1.807) is 45.0 Å². The van der Waals surface area contributed by atoms with Gasteiger partial charge in [-0.1, -0.05) is 0 Å². The summed E-state index contributed by atoms with van der Waals surface area (Å²) in [6, 6.07) is 6.30. The number of rotatable bonds is 7. The second-order valence-corrected chi connectivity index (χ2v) is 6.16. The third-order valence-electron chi connectivity index (χ3n) is 2.92. The maximum atomic E-state index is 12.9. The summed E-state index contributed by atoms with van der Waals surface area (Å²) in [6.07, 6.45) is 0.733. The van der Waals surface area contributed by atoms with Gasteiger partial charge in [0.05, 0.1) is 19.0 Å². The minimum atomic E-state index is -0.561. The summed E-state index contributed by atoms with van der Waals surface area (Å²) in [4.78, 5) is 22.9. The van der Waals surface area contributed by atoms with E-state index >= 15 is 0 Å². The van der Waals surface area contributed by atoms with Gasteiger partial charge >= 0.3 is 11.9 Å². The Labute approximate surface area is 141 Å². The van der Waals surface area contributed by atoms with E-state index in [0.29, 0.717) is 23.2 Å². The molecule has 0 aromatic heterocycles. The van der Waals surface area contributed by atoms with Crippen molar-refractivity contribution >= 4 is 11.9 Å². The second-order valence-electron chi connectivity index (χ2n) is 6.16. The minimum absolute atomic E-state index is 0.0108. The van der Waals surface area contributed by atoms with E-state index in [0.717, 1.165) is 0 Å². The van der Waals surface area contributed by atoms with Crippen LogP contribution < -0.4 is 4.74 Å². The van der Waals surface area contributed by atoms with Crippen LogP contribution >= 0.6 is 0 Å². The summed E-state index contributed by atoms with van der Waals surface area (Å²) in [7, 11) is 1.30. The molecule has 0 aliphatic rings. The Morgan fingerprint density at radius 3 is 2.25 bits per heavy atom. The number of hydrogen-bond donors (Lipinski definition) is 0. The maximum Gasteiger partial charge on any atom is 0.337 e. The molecule has 0 spiro atoms. The Bertz CT molecular complexity index is 584. The number of halogens is 1. The van der Waals surface area contributed by atoms with Crippen molar-refractivity contribution < 1.29 is 28.2 Å². The smallest absolute Gasteiger partial charge is 0.337 e. The lowest BCUT2D eigenvalue weighted by atomic mass is 10.1.